The molecule has 1 N–H and O–H groups in total. The fraction of sp³-hybridized carbons (Fsp3) is 0.368. The Labute approximate surface area is 138 Å². The fourth-order valence-corrected chi connectivity index (χ4v) is 2.36. The quantitative estimate of drug-likeness (QED) is 0.844. The Hall–Kier alpha value is -2.36. The zero-order valence-electron chi connectivity index (χ0n) is 14.2. The molecule has 1 amide bonds. The number of carbonyl (C=O) groups excluding carboxylic acids is 1. The van der Waals surface area contributed by atoms with Gasteiger partial charge >= 0.3 is 0 Å². The number of allylic oxidation sites excluding steroid dienone is 5. The number of carbonyl (C=O) groups is 1. The van der Waals surface area contributed by atoms with Gasteiger partial charge in [-0.3, -0.25) is 4.79 Å². The van der Waals surface area contributed by atoms with Crippen molar-refractivity contribution < 1.29 is 9.53 Å². The van der Waals surface area contributed by atoms with Gasteiger partial charge in [0.15, 0.2) is 0 Å². The number of nitrogens with one attached hydrogen (secondary N) is 1. The highest BCUT2D eigenvalue weighted by Crippen LogP contribution is 2.33. The maximum absolute atomic E-state index is 11.9. The summed E-state index contributed by atoms with van der Waals surface area (Å²) < 4.78 is 4.98. The number of rotatable bonds is 4. The van der Waals surface area contributed by atoms with Crippen LogP contribution in [0.25, 0.3) is 0 Å². The molecule has 0 saturated carbocycles. The van der Waals surface area contributed by atoms with E-state index in [1.807, 2.05) is 6.08 Å². The van der Waals surface area contributed by atoms with E-state index in [4.69, 9.17) is 4.74 Å². The van der Waals surface area contributed by atoms with Gasteiger partial charge in [-0.2, -0.15) is 0 Å². The lowest BCUT2D eigenvalue weighted by atomic mass is 9.80. The molecule has 23 heavy (non-hydrogen) atoms. The van der Waals surface area contributed by atoms with E-state index in [2.05, 4.69) is 43.2 Å². The number of amides is 1. The van der Waals surface area contributed by atoms with Crippen molar-refractivity contribution in [1.29, 1.82) is 0 Å². The summed E-state index contributed by atoms with van der Waals surface area (Å²) in [6.45, 7) is 6.68. The van der Waals surface area contributed by atoms with Gasteiger partial charge in [-0.15, -0.1) is 0 Å². The molecule has 4 nitrogen and oxygen atoms in total. The summed E-state index contributed by atoms with van der Waals surface area (Å²) in [7, 11) is 1.56. The van der Waals surface area contributed by atoms with Crippen molar-refractivity contribution in [3.8, 4) is 5.88 Å². The van der Waals surface area contributed by atoms with Gasteiger partial charge in [0.05, 0.1) is 19.0 Å². The molecule has 1 aromatic rings. The monoisotopic (exact) mass is 312 g/mol. The number of nitrogens with zero attached hydrogens (tertiary/aromatic N) is 1. The second kappa shape index (κ2) is 7.27. The van der Waals surface area contributed by atoms with Crippen LogP contribution in [0.5, 0.6) is 5.88 Å². The minimum absolute atomic E-state index is 0.163. The van der Waals surface area contributed by atoms with Crippen LogP contribution in [0.15, 0.2) is 53.8 Å². The summed E-state index contributed by atoms with van der Waals surface area (Å²) >= 11 is 0. The molecule has 2 rings (SSSR count). The largest absolute Gasteiger partial charge is 0.481 e. The predicted molar refractivity (Wildman–Crippen MR) is 93.4 cm³/mol. The SMILES string of the molecule is COc1ccc(NC(=O)/C=C/C2=CC=C(C(C)(C)C)CC2)cn1. The predicted octanol–water partition coefficient (Wildman–Crippen LogP) is 4.28. The normalized spacial score (nSPS) is 15.1. The van der Waals surface area contributed by atoms with Gasteiger partial charge < -0.3 is 10.1 Å². The third-order valence-corrected chi connectivity index (χ3v) is 3.81. The molecule has 1 aliphatic rings. The number of ether oxygens (including phenoxy) is 1. The first-order chi connectivity index (χ1) is 10.9. The van der Waals surface area contributed by atoms with Crippen molar-refractivity contribution in [2.24, 2.45) is 5.41 Å². The van der Waals surface area contributed by atoms with E-state index >= 15 is 0 Å². The molecule has 0 aliphatic heterocycles. The van der Waals surface area contributed by atoms with E-state index in [0.29, 0.717) is 11.6 Å². The van der Waals surface area contributed by atoms with Crippen LogP contribution in [0.1, 0.15) is 33.6 Å². The van der Waals surface area contributed by atoms with Crippen molar-refractivity contribution in [1.82, 2.24) is 4.98 Å². The Balaban J connectivity index is 1.93. The van der Waals surface area contributed by atoms with Gasteiger partial charge in [0.2, 0.25) is 11.8 Å². The summed E-state index contributed by atoms with van der Waals surface area (Å²) in [5.74, 6) is 0.357. The van der Waals surface area contributed by atoms with Crippen LogP contribution >= 0.6 is 0 Å². The van der Waals surface area contributed by atoms with Crippen molar-refractivity contribution in [3.63, 3.8) is 0 Å². The molecule has 0 bridgehead atoms. The Morgan fingerprint density at radius 1 is 1.26 bits per heavy atom. The Morgan fingerprint density at radius 3 is 2.57 bits per heavy atom. The first-order valence-corrected chi connectivity index (χ1v) is 7.78. The van der Waals surface area contributed by atoms with E-state index < -0.39 is 0 Å². The van der Waals surface area contributed by atoms with Crippen LogP contribution < -0.4 is 10.1 Å². The van der Waals surface area contributed by atoms with Gasteiger partial charge in [-0.25, -0.2) is 4.98 Å². The van der Waals surface area contributed by atoms with Gasteiger partial charge in [-0.05, 0) is 29.9 Å². The summed E-state index contributed by atoms with van der Waals surface area (Å²) in [6, 6.07) is 3.47. The third kappa shape index (κ3) is 5.09. The number of hydrogen-bond acceptors (Lipinski definition) is 3. The molecular weight excluding hydrogens is 288 g/mol. The van der Waals surface area contributed by atoms with Crippen molar-refractivity contribution in [2.45, 2.75) is 33.6 Å². The van der Waals surface area contributed by atoms with Gasteiger partial charge in [-0.1, -0.05) is 44.6 Å². The minimum Gasteiger partial charge on any atom is -0.481 e. The van der Waals surface area contributed by atoms with E-state index in [0.717, 1.165) is 12.8 Å². The van der Waals surface area contributed by atoms with Gasteiger partial charge in [0, 0.05) is 12.1 Å². The molecule has 1 heterocycles. The summed E-state index contributed by atoms with van der Waals surface area (Å²) in [5.41, 5.74) is 3.47. The molecule has 0 saturated heterocycles. The Bertz CT molecular complexity index is 647. The van der Waals surface area contributed by atoms with Gasteiger partial charge in [0.25, 0.3) is 0 Å². The second-order valence-electron chi connectivity index (χ2n) is 6.60. The molecule has 122 valence electrons. The van der Waals surface area contributed by atoms with E-state index in [-0.39, 0.29) is 11.3 Å². The summed E-state index contributed by atoms with van der Waals surface area (Å²) in [4.78, 5) is 16.0. The molecule has 1 aliphatic carbocycles. The van der Waals surface area contributed by atoms with Crippen LogP contribution in [0.4, 0.5) is 5.69 Å². The van der Waals surface area contributed by atoms with Crippen LogP contribution in [0.3, 0.4) is 0 Å². The van der Waals surface area contributed by atoms with Crippen molar-refractivity contribution in [3.05, 3.63) is 53.8 Å². The summed E-state index contributed by atoms with van der Waals surface area (Å²) in [5, 5.41) is 2.78. The molecule has 0 radical (unpaired) electrons. The zero-order valence-corrected chi connectivity index (χ0v) is 14.2. The highest BCUT2D eigenvalue weighted by molar-refractivity contribution is 5.99. The van der Waals surface area contributed by atoms with E-state index in [9.17, 15) is 4.79 Å². The number of anilines is 1. The molecule has 4 heteroatoms. The maximum atomic E-state index is 11.9. The second-order valence-corrected chi connectivity index (χ2v) is 6.60. The lowest BCUT2D eigenvalue weighted by Crippen LogP contribution is -2.11. The fourth-order valence-electron chi connectivity index (χ4n) is 2.36. The number of pyridine rings is 1. The van der Waals surface area contributed by atoms with Crippen LogP contribution in [-0.4, -0.2) is 18.0 Å². The molecule has 1 aromatic heterocycles. The van der Waals surface area contributed by atoms with E-state index in [1.165, 1.54) is 11.1 Å². The van der Waals surface area contributed by atoms with E-state index in [1.54, 1.807) is 31.5 Å². The first kappa shape index (κ1) is 17.0. The minimum atomic E-state index is -0.163. The average molecular weight is 312 g/mol. The lowest BCUT2D eigenvalue weighted by molar-refractivity contribution is -0.111. The molecule has 0 unspecified atom stereocenters. The smallest absolute Gasteiger partial charge is 0.248 e. The Morgan fingerprint density at radius 2 is 2.04 bits per heavy atom. The van der Waals surface area contributed by atoms with Crippen LogP contribution in [0, 0.1) is 5.41 Å². The van der Waals surface area contributed by atoms with Crippen LogP contribution in [-0.2, 0) is 4.79 Å². The summed E-state index contributed by atoms with van der Waals surface area (Å²) in [6.07, 6.45) is 11.3. The third-order valence-electron chi connectivity index (χ3n) is 3.81. The number of aromatic nitrogens is 1. The number of methoxy groups -OCH3 is 1. The van der Waals surface area contributed by atoms with Crippen molar-refractivity contribution in [2.75, 3.05) is 12.4 Å². The zero-order chi connectivity index (χ0) is 16.9. The molecular formula is C19H24N2O2. The number of hydrogen-bond donors (Lipinski definition) is 1. The maximum Gasteiger partial charge on any atom is 0.248 e. The molecule has 0 aromatic carbocycles. The lowest BCUT2D eigenvalue weighted by Gasteiger charge is -2.25. The standard InChI is InChI=1S/C19H24N2O2/c1-19(2,3)15-8-5-14(6-9-15)7-11-17(22)21-16-10-12-18(23-4)20-13-16/h5,7-8,10-13H,6,9H2,1-4H3,(H,21,22)/b11-7+. The molecule has 0 fully saturated rings. The highest BCUT2D eigenvalue weighted by atomic mass is 16.5. The topological polar surface area (TPSA) is 51.2 Å². The molecule has 0 atom stereocenters. The first-order valence-electron chi connectivity index (χ1n) is 7.78. The molecule has 0 spiro atoms. The average Bonchev–Trinajstić information content (AvgIpc) is 2.53. The van der Waals surface area contributed by atoms with Crippen LogP contribution in [0.2, 0.25) is 0 Å². The van der Waals surface area contributed by atoms with Crippen molar-refractivity contribution >= 4 is 11.6 Å². The van der Waals surface area contributed by atoms with Gasteiger partial charge in [0.1, 0.15) is 0 Å². The Kier molecular flexibility index (Phi) is 5.37. The highest BCUT2D eigenvalue weighted by Gasteiger charge is 2.18.